The van der Waals surface area contributed by atoms with Gasteiger partial charge < -0.3 is 10.4 Å². The molecular weight excluding hydrogens is 179 g/mol. The normalized spacial score (nSPS) is 44.5. The zero-order chi connectivity index (χ0) is 9.85. The fraction of sp³-hybridized carbons (Fsp3) is 1.00. The van der Waals surface area contributed by atoms with Gasteiger partial charge in [-0.3, -0.25) is 0 Å². The molecular formula is C10H21N2P. The van der Waals surface area contributed by atoms with E-state index < -0.39 is 0 Å². The van der Waals surface area contributed by atoms with Gasteiger partial charge in [0.15, 0.2) is 0 Å². The predicted octanol–water partition coefficient (Wildman–Crippen LogP) is 1.39. The Morgan fingerprint density at radius 1 is 1.15 bits per heavy atom. The Bertz CT molecular complexity index is 205. The summed E-state index contributed by atoms with van der Waals surface area (Å²) in [5.41, 5.74) is 0.667. The van der Waals surface area contributed by atoms with Crippen LogP contribution >= 0.6 is 9.39 Å². The SMILES string of the molecule is CC1(C)NC(C)(C)[C@H]2C(CNP)[C@H]21. The van der Waals surface area contributed by atoms with Crippen LogP contribution in [0.5, 0.6) is 0 Å². The summed E-state index contributed by atoms with van der Waals surface area (Å²) >= 11 is 0. The van der Waals surface area contributed by atoms with Gasteiger partial charge >= 0.3 is 0 Å². The van der Waals surface area contributed by atoms with Crippen molar-refractivity contribution < 1.29 is 0 Å². The molecule has 2 unspecified atom stereocenters. The van der Waals surface area contributed by atoms with Crippen LogP contribution in [0.2, 0.25) is 0 Å². The number of nitrogens with one attached hydrogen (secondary N) is 2. The second-order valence-electron chi connectivity index (χ2n) is 5.69. The first-order valence-electron chi connectivity index (χ1n) is 5.13. The molecule has 1 heterocycles. The average Bonchev–Trinajstić information content (AvgIpc) is 2.56. The molecule has 0 aromatic heterocycles. The van der Waals surface area contributed by atoms with Gasteiger partial charge in [-0.2, -0.15) is 0 Å². The van der Waals surface area contributed by atoms with E-state index >= 15 is 0 Å². The van der Waals surface area contributed by atoms with E-state index in [9.17, 15) is 0 Å². The maximum atomic E-state index is 3.72. The minimum Gasteiger partial charge on any atom is -0.306 e. The van der Waals surface area contributed by atoms with Gasteiger partial charge in [-0.05, 0) is 45.4 Å². The number of hydrogen-bond donors (Lipinski definition) is 2. The maximum absolute atomic E-state index is 3.72. The molecule has 3 heteroatoms. The molecule has 4 atom stereocenters. The molecule has 0 aromatic rings. The van der Waals surface area contributed by atoms with Crippen LogP contribution in [0.25, 0.3) is 0 Å². The van der Waals surface area contributed by atoms with Gasteiger partial charge in [0.2, 0.25) is 0 Å². The van der Waals surface area contributed by atoms with E-state index in [1.165, 1.54) is 0 Å². The summed E-state index contributed by atoms with van der Waals surface area (Å²) in [7, 11) is 2.61. The first kappa shape index (κ1) is 9.89. The van der Waals surface area contributed by atoms with Crippen molar-refractivity contribution in [3.05, 3.63) is 0 Å². The number of piperidine rings is 1. The van der Waals surface area contributed by atoms with Crippen LogP contribution < -0.4 is 10.4 Å². The summed E-state index contributed by atoms with van der Waals surface area (Å²) in [5, 5.41) is 6.95. The van der Waals surface area contributed by atoms with Gasteiger partial charge in [-0.25, -0.2) is 0 Å². The molecule has 0 bridgehead atoms. The molecule has 0 spiro atoms. The van der Waals surface area contributed by atoms with E-state index in [2.05, 4.69) is 47.5 Å². The molecule has 1 aliphatic carbocycles. The molecule has 76 valence electrons. The lowest BCUT2D eigenvalue weighted by Crippen LogP contribution is -2.49. The zero-order valence-corrected chi connectivity index (χ0v) is 10.2. The smallest absolute Gasteiger partial charge is 0.0165 e. The van der Waals surface area contributed by atoms with E-state index in [0.717, 1.165) is 24.3 Å². The highest BCUT2D eigenvalue weighted by molar-refractivity contribution is 7.13. The third kappa shape index (κ3) is 1.35. The monoisotopic (exact) mass is 200 g/mol. The summed E-state index contributed by atoms with van der Waals surface area (Å²) < 4.78 is 0. The first-order valence-corrected chi connectivity index (χ1v) is 5.71. The van der Waals surface area contributed by atoms with Gasteiger partial charge in [0.1, 0.15) is 0 Å². The minimum atomic E-state index is 0.334. The van der Waals surface area contributed by atoms with E-state index in [1.54, 1.807) is 0 Å². The van der Waals surface area contributed by atoms with Crippen LogP contribution in [0.4, 0.5) is 0 Å². The third-order valence-corrected chi connectivity index (χ3v) is 4.07. The molecule has 2 fully saturated rings. The highest BCUT2D eigenvalue weighted by Crippen LogP contribution is 2.62. The molecule has 1 saturated heterocycles. The topological polar surface area (TPSA) is 24.1 Å². The first-order chi connectivity index (χ1) is 5.90. The van der Waals surface area contributed by atoms with Crippen molar-refractivity contribution in [2.45, 2.75) is 38.8 Å². The maximum Gasteiger partial charge on any atom is 0.0165 e. The van der Waals surface area contributed by atoms with Crippen molar-refractivity contribution >= 4 is 9.39 Å². The highest BCUT2D eigenvalue weighted by atomic mass is 31.0. The summed E-state index contributed by atoms with van der Waals surface area (Å²) in [4.78, 5) is 0. The van der Waals surface area contributed by atoms with Crippen LogP contribution in [-0.2, 0) is 0 Å². The lowest BCUT2D eigenvalue weighted by molar-refractivity contribution is 0.272. The Kier molecular flexibility index (Phi) is 2.04. The summed E-state index contributed by atoms with van der Waals surface area (Å²) in [5.74, 6) is 2.62. The van der Waals surface area contributed by atoms with Crippen LogP contribution in [0, 0.1) is 17.8 Å². The lowest BCUT2D eigenvalue weighted by Gasteiger charge is -2.32. The molecule has 0 amide bonds. The molecule has 0 radical (unpaired) electrons. The van der Waals surface area contributed by atoms with E-state index in [-0.39, 0.29) is 0 Å². The largest absolute Gasteiger partial charge is 0.306 e. The summed E-state index contributed by atoms with van der Waals surface area (Å²) in [6.07, 6.45) is 0. The van der Waals surface area contributed by atoms with Crippen molar-refractivity contribution in [3.63, 3.8) is 0 Å². The fourth-order valence-corrected chi connectivity index (χ4v) is 4.00. The van der Waals surface area contributed by atoms with Crippen LogP contribution in [0.15, 0.2) is 0 Å². The second kappa shape index (κ2) is 2.68. The second-order valence-corrected chi connectivity index (χ2v) is 6.10. The third-order valence-electron chi connectivity index (χ3n) is 3.83. The Balaban J connectivity index is 2.13. The predicted molar refractivity (Wildman–Crippen MR) is 59.5 cm³/mol. The molecule has 2 rings (SSSR count). The number of rotatable bonds is 2. The van der Waals surface area contributed by atoms with Gasteiger partial charge in [0.05, 0.1) is 0 Å². The zero-order valence-electron chi connectivity index (χ0n) is 9.02. The molecule has 13 heavy (non-hydrogen) atoms. The van der Waals surface area contributed by atoms with Crippen LogP contribution in [0.3, 0.4) is 0 Å². The quantitative estimate of drug-likeness (QED) is 0.658. The Morgan fingerprint density at radius 3 is 2.00 bits per heavy atom. The Hall–Kier alpha value is 0.350. The van der Waals surface area contributed by atoms with Crippen LogP contribution in [0.1, 0.15) is 27.7 Å². The van der Waals surface area contributed by atoms with Crippen LogP contribution in [-0.4, -0.2) is 17.6 Å². The van der Waals surface area contributed by atoms with E-state index in [4.69, 9.17) is 0 Å². The van der Waals surface area contributed by atoms with E-state index in [0.29, 0.717) is 11.1 Å². The van der Waals surface area contributed by atoms with Gasteiger partial charge in [-0.1, -0.05) is 9.39 Å². The minimum absolute atomic E-state index is 0.334. The number of hydrogen-bond acceptors (Lipinski definition) is 2. The lowest BCUT2D eigenvalue weighted by atomic mass is 9.96. The average molecular weight is 200 g/mol. The van der Waals surface area contributed by atoms with Crippen molar-refractivity contribution in [2.24, 2.45) is 17.8 Å². The van der Waals surface area contributed by atoms with E-state index in [1.807, 2.05) is 0 Å². The number of fused-ring (bicyclic) bond motifs is 1. The molecule has 1 saturated carbocycles. The van der Waals surface area contributed by atoms with Crippen molar-refractivity contribution in [1.29, 1.82) is 0 Å². The standard InChI is InChI=1S/C10H21N2P/c1-9(2)7-6(5-11-13)8(7)10(3,4)12-9/h6-8,11-12H,5,13H2,1-4H3/t6?,7-,8+. The van der Waals surface area contributed by atoms with Crippen molar-refractivity contribution in [2.75, 3.05) is 6.54 Å². The molecule has 2 nitrogen and oxygen atoms in total. The van der Waals surface area contributed by atoms with Gasteiger partial charge in [0.25, 0.3) is 0 Å². The Morgan fingerprint density at radius 2 is 1.62 bits per heavy atom. The summed E-state index contributed by atoms with van der Waals surface area (Å²) in [6.45, 7) is 10.5. The molecule has 0 aromatic carbocycles. The molecule has 2 aliphatic rings. The van der Waals surface area contributed by atoms with Gasteiger partial charge in [0, 0.05) is 17.6 Å². The highest BCUT2D eigenvalue weighted by Gasteiger charge is 2.68. The molecule has 2 N–H and O–H groups in total. The van der Waals surface area contributed by atoms with Crippen molar-refractivity contribution in [3.8, 4) is 0 Å². The molecule has 1 aliphatic heterocycles. The van der Waals surface area contributed by atoms with Gasteiger partial charge in [-0.15, -0.1) is 0 Å². The fourth-order valence-electron chi connectivity index (χ4n) is 3.73. The van der Waals surface area contributed by atoms with Crippen molar-refractivity contribution in [1.82, 2.24) is 10.4 Å². The Labute approximate surface area is 83.5 Å². The summed E-state index contributed by atoms with van der Waals surface area (Å²) in [6, 6.07) is 0.